The van der Waals surface area contributed by atoms with E-state index >= 15 is 0 Å². The summed E-state index contributed by atoms with van der Waals surface area (Å²) in [6, 6.07) is 14.4. The fourth-order valence-corrected chi connectivity index (χ4v) is 4.14. The fourth-order valence-electron chi connectivity index (χ4n) is 4.14. The molecule has 198 valence electrons. The molecule has 2 heterocycles. The second-order valence-corrected chi connectivity index (χ2v) is 10.7. The van der Waals surface area contributed by atoms with E-state index in [0.29, 0.717) is 17.7 Å². The maximum atomic E-state index is 13.9. The first-order valence-electron chi connectivity index (χ1n) is 12.5. The van der Waals surface area contributed by atoms with Gasteiger partial charge in [-0.25, -0.2) is 4.39 Å². The van der Waals surface area contributed by atoms with Gasteiger partial charge in [0.05, 0.1) is 17.4 Å². The van der Waals surface area contributed by atoms with E-state index in [0.717, 1.165) is 10.9 Å². The molecule has 1 atom stereocenters. The maximum absolute atomic E-state index is 13.9. The molecule has 0 aliphatic carbocycles. The number of tetrazole rings is 1. The van der Waals surface area contributed by atoms with Crippen molar-refractivity contribution in [2.75, 3.05) is 4.90 Å². The van der Waals surface area contributed by atoms with Gasteiger partial charge in [0.25, 0.3) is 5.91 Å². The predicted octanol–water partition coefficient (Wildman–Crippen LogP) is 4.39. The zero-order valence-corrected chi connectivity index (χ0v) is 22.2. The van der Waals surface area contributed by atoms with Crippen molar-refractivity contribution in [3.05, 3.63) is 66.6 Å². The van der Waals surface area contributed by atoms with Gasteiger partial charge >= 0.3 is 0 Å². The quantitative estimate of drug-likeness (QED) is 0.372. The minimum Gasteiger partial charge on any atom is -0.350 e. The number of carbonyl (C=O) groups is 2. The van der Waals surface area contributed by atoms with Gasteiger partial charge in [0.2, 0.25) is 11.7 Å². The summed E-state index contributed by atoms with van der Waals surface area (Å²) in [5, 5.41) is 16.2. The number of pyridine rings is 1. The summed E-state index contributed by atoms with van der Waals surface area (Å²) in [7, 11) is 0. The third-order valence-corrected chi connectivity index (χ3v) is 5.76. The number of hydrogen-bond acceptors (Lipinski definition) is 6. The van der Waals surface area contributed by atoms with Crippen molar-refractivity contribution in [3.8, 4) is 11.4 Å². The second-order valence-electron chi connectivity index (χ2n) is 10.7. The van der Waals surface area contributed by atoms with Gasteiger partial charge in [0.1, 0.15) is 18.4 Å². The fraction of sp³-hybridized carbons (Fsp3) is 0.357. The van der Waals surface area contributed by atoms with Crippen LogP contribution in [0.15, 0.2) is 60.8 Å². The topological polar surface area (TPSA) is 106 Å². The molecule has 0 saturated heterocycles. The van der Waals surface area contributed by atoms with E-state index < -0.39 is 11.6 Å². The van der Waals surface area contributed by atoms with E-state index in [-0.39, 0.29) is 35.9 Å². The van der Waals surface area contributed by atoms with Gasteiger partial charge in [-0.05, 0) is 74.7 Å². The highest BCUT2D eigenvalue weighted by molar-refractivity contribution is 6.01. The maximum Gasteiger partial charge on any atom is 0.251 e. The van der Waals surface area contributed by atoms with Crippen LogP contribution < -0.4 is 10.2 Å². The van der Waals surface area contributed by atoms with E-state index in [9.17, 15) is 14.0 Å². The molecule has 2 amide bonds. The summed E-state index contributed by atoms with van der Waals surface area (Å²) >= 11 is 0. The summed E-state index contributed by atoms with van der Waals surface area (Å²) in [5.74, 6) is -0.628. The van der Waals surface area contributed by atoms with Crippen LogP contribution in [0.5, 0.6) is 0 Å². The number of halogens is 1. The smallest absolute Gasteiger partial charge is 0.251 e. The molecule has 1 N–H and O–H groups in total. The first-order chi connectivity index (χ1) is 18.0. The number of para-hydroxylation sites is 1. The van der Waals surface area contributed by atoms with Crippen molar-refractivity contribution >= 4 is 28.4 Å². The Kier molecular flexibility index (Phi) is 7.80. The standard InChI is InChI=1S/C28H32FN7O2/c1-18(2)14-24(27(38)31-28(3,4)5)36(22-15-20-8-6-7-9-23(20)30-16-22)25(37)17-35-33-26(32-34-35)19-10-12-21(29)13-11-19/h6-13,15-16,18,24H,14,17H2,1-5H3,(H,31,38). The molecule has 0 radical (unpaired) electrons. The molecular weight excluding hydrogens is 485 g/mol. The number of nitrogens with one attached hydrogen (secondary N) is 1. The molecule has 2 aromatic heterocycles. The van der Waals surface area contributed by atoms with Crippen LogP contribution in [0.2, 0.25) is 0 Å². The summed E-state index contributed by atoms with van der Waals surface area (Å²) in [6.07, 6.45) is 2.04. The Morgan fingerprint density at radius 2 is 1.79 bits per heavy atom. The monoisotopic (exact) mass is 517 g/mol. The highest BCUT2D eigenvalue weighted by atomic mass is 19.1. The Morgan fingerprint density at radius 3 is 2.47 bits per heavy atom. The molecule has 2 aromatic carbocycles. The van der Waals surface area contributed by atoms with Crippen molar-refractivity contribution in [3.63, 3.8) is 0 Å². The van der Waals surface area contributed by atoms with Crippen LogP contribution in [0.3, 0.4) is 0 Å². The Morgan fingerprint density at radius 1 is 1.08 bits per heavy atom. The lowest BCUT2D eigenvalue weighted by molar-refractivity contribution is -0.128. The van der Waals surface area contributed by atoms with Crippen LogP contribution in [-0.4, -0.2) is 48.6 Å². The van der Waals surface area contributed by atoms with Gasteiger partial charge in [-0.1, -0.05) is 32.0 Å². The average molecular weight is 518 g/mol. The molecule has 10 heteroatoms. The van der Waals surface area contributed by atoms with E-state index in [1.165, 1.54) is 21.8 Å². The van der Waals surface area contributed by atoms with Gasteiger partial charge in [-0.2, -0.15) is 4.80 Å². The van der Waals surface area contributed by atoms with Crippen LogP contribution in [0, 0.1) is 11.7 Å². The molecule has 0 spiro atoms. The molecule has 0 aliphatic heterocycles. The Bertz CT molecular complexity index is 1430. The minimum atomic E-state index is -0.787. The van der Waals surface area contributed by atoms with E-state index in [4.69, 9.17) is 0 Å². The summed E-state index contributed by atoms with van der Waals surface area (Å²) in [4.78, 5) is 34.6. The van der Waals surface area contributed by atoms with Gasteiger partial charge < -0.3 is 5.32 Å². The minimum absolute atomic E-state index is 0.129. The number of rotatable bonds is 8. The van der Waals surface area contributed by atoms with Gasteiger partial charge in [-0.3, -0.25) is 19.5 Å². The lowest BCUT2D eigenvalue weighted by Gasteiger charge is -2.34. The number of anilines is 1. The number of fused-ring (bicyclic) bond motifs is 1. The first-order valence-corrected chi connectivity index (χ1v) is 12.5. The summed E-state index contributed by atoms with van der Waals surface area (Å²) < 4.78 is 13.3. The molecule has 0 bridgehead atoms. The van der Waals surface area contributed by atoms with Gasteiger partial charge in [0.15, 0.2) is 0 Å². The van der Waals surface area contributed by atoms with E-state index in [1.54, 1.807) is 18.3 Å². The van der Waals surface area contributed by atoms with E-state index in [2.05, 4.69) is 25.7 Å². The van der Waals surface area contributed by atoms with Crippen LogP contribution in [0.4, 0.5) is 10.1 Å². The lowest BCUT2D eigenvalue weighted by atomic mass is 9.99. The number of nitrogens with zero attached hydrogens (tertiary/aromatic N) is 6. The zero-order valence-electron chi connectivity index (χ0n) is 22.2. The normalized spacial score (nSPS) is 12.5. The summed E-state index contributed by atoms with van der Waals surface area (Å²) in [5.41, 5.74) is 1.37. The number of carbonyl (C=O) groups excluding carboxylic acids is 2. The second kappa shape index (κ2) is 11.0. The van der Waals surface area contributed by atoms with E-state index in [1.807, 2.05) is 65.0 Å². The summed E-state index contributed by atoms with van der Waals surface area (Å²) in [6.45, 7) is 9.46. The van der Waals surface area contributed by atoms with Crippen LogP contribution in [0.25, 0.3) is 22.3 Å². The van der Waals surface area contributed by atoms with Gasteiger partial charge in [0, 0.05) is 16.5 Å². The molecule has 0 saturated carbocycles. The Hall–Kier alpha value is -4.21. The number of aromatic nitrogens is 5. The number of benzene rings is 2. The molecule has 0 fully saturated rings. The molecule has 0 aliphatic rings. The van der Waals surface area contributed by atoms with Crippen molar-refractivity contribution in [2.24, 2.45) is 5.92 Å². The number of amides is 2. The SMILES string of the molecule is CC(C)CC(C(=O)NC(C)(C)C)N(C(=O)Cn1nnc(-c2ccc(F)cc2)n1)c1cnc2ccccc2c1. The van der Waals surface area contributed by atoms with Crippen LogP contribution >= 0.6 is 0 Å². The highest BCUT2D eigenvalue weighted by Gasteiger charge is 2.34. The Labute approximate surface area is 221 Å². The third-order valence-electron chi connectivity index (χ3n) is 5.76. The molecule has 38 heavy (non-hydrogen) atoms. The molecule has 9 nitrogen and oxygen atoms in total. The van der Waals surface area contributed by atoms with Crippen LogP contribution in [-0.2, 0) is 16.1 Å². The molecule has 1 unspecified atom stereocenters. The predicted molar refractivity (Wildman–Crippen MR) is 144 cm³/mol. The number of hydrogen-bond donors (Lipinski definition) is 1. The average Bonchev–Trinajstić information content (AvgIpc) is 3.31. The molecule has 4 rings (SSSR count). The first kappa shape index (κ1) is 26.8. The van der Waals surface area contributed by atoms with Crippen molar-refractivity contribution in [2.45, 2.75) is 59.2 Å². The third kappa shape index (κ3) is 6.56. The Balaban J connectivity index is 1.71. The van der Waals surface area contributed by atoms with Gasteiger partial charge in [-0.15, -0.1) is 10.2 Å². The zero-order chi connectivity index (χ0) is 27.4. The molecule has 4 aromatic rings. The van der Waals surface area contributed by atoms with Crippen molar-refractivity contribution < 1.29 is 14.0 Å². The highest BCUT2D eigenvalue weighted by Crippen LogP contribution is 2.26. The van der Waals surface area contributed by atoms with Crippen molar-refractivity contribution in [1.82, 2.24) is 30.5 Å². The van der Waals surface area contributed by atoms with Crippen LogP contribution in [0.1, 0.15) is 41.0 Å². The van der Waals surface area contributed by atoms with Crippen molar-refractivity contribution in [1.29, 1.82) is 0 Å². The lowest BCUT2D eigenvalue weighted by Crippen LogP contribution is -2.55. The molecular formula is C28H32FN7O2. The largest absolute Gasteiger partial charge is 0.350 e.